The van der Waals surface area contributed by atoms with E-state index < -0.39 is 16.8 Å². The molecule has 0 saturated heterocycles. The first-order chi connectivity index (χ1) is 48.8. The van der Waals surface area contributed by atoms with Crippen LogP contribution in [0.2, 0.25) is 15.1 Å². The minimum absolute atomic E-state index is 0. The predicted octanol–water partition coefficient (Wildman–Crippen LogP) is 19.8. The van der Waals surface area contributed by atoms with E-state index in [1.165, 1.54) is 94.5 Å². The summed E-state index contributed by atoms with van der Waals surface area (Å²) in [6.45, 7) is 21.5. The second-order valence-electron chi connectivity index (χ2n) is 38.0. The zero-order valence-electron chi connectivity index (χ0n) is 62.5. The van der Waals surface area contributed by atoms with Gasteiger partial charge in [-0.2, -0.15) is 25.3 Å². The number of carbonyl (C=O) groups is 3. The Morgan fingerprint density at radius 3 is 1.28 bits per heavy atom. The molecule has 12 aliphatic carbocycles. The lowest BCUT2D eigenvalue weighted by Crippen LogP contribution is -2.55. The standard InChI is InChI=1S/C28H38ClN3O2.C27H37ClN4O2.C22H35BrO2.C5H3ClN4.3CH4/c1-26(34)10-11-27(2)17(13-26)4-5-19-20-6-7-22(28(20,3)9-8-21(19)27)25(33)16-32-24-12-18(29)14-30-23(24)15-31-32;1-25(34)10-11-26(2)16(13-25)4-5-18-19-6-7-21(27(19,3)9-8-20(18)26)23(33)15-32-30-22-12-17(28)14-29-24(22)31-32;1-20(25)10-11-21(2)14(12-20)4-5-15-16-6-7-18(19(24)13-23)22(16,3)9-8-17(15)21;6-3-1-4-5(7-2-3)9-10-8-4;;;/h12,14-15,17,19-22,34H,4-11,13,16H2,1-3H3;12,14,16,18-21,34H,4-11,13,15H2,1-3H3;14-18,25H,4-13H2,1-3H3;1-2H,(H,7,8,9,10);3*1H4/t17-,19+,20+,21+,22-,26-,27+,28+;16-,18+,19+,20+,21-,25-,26+,27+;14-,15+,16+,17+,18-,20-,21+,22+;;;;/m111..../s1. The molecule has 21 heteroatoms. The first kappa shape index (κ1) is 81.4. The van der Waals surface area contributed by atoms with Gasteiger partial charge in [0, 0.05) is 36.3 Å². The highest BCUT2D eigenvalue weighted by atomic mass is 79.9. The fourth-order valence-electron chi connectivity index (χ4n) is 27.2. The van der Waals surface area contributed by atoms with Gasteiger partial charge in [-0.05, 0) is 316 Å². The molecule has 0 amide bonds. The van der Waals surface area contributed by atoms with E-state index in [1.807, 2.05) is 26.8 Å². The van der Waals surface area contributed by atoms with Crippen LogP contribution in [-0.4, -0.2) is 110 Å². The number of hydrogen-bond acceptors (Lipinski definition) is 14. The van der Waals surface area contributed by atoms with Crippen LogP contribution in [-0.2, 0) is 27.5 Å². The van der Waals surface area contributed by atoms with E-state index in [-0.39, 0.29) is 68.6 Å². The Morgan fingerprint density at radius 2 is 0.830 bits per heavy atom. The summed E-state index contributed by atoms with van der Waals surface area (Å²) in [7, 11) is 0. The van der Waals surface area contributed by atoms with E-state index in [0.717, 1.165) is 142 Å². The second kappa shape index (κ2) is 30.1. The molecule has 12 aliphatic rings. The van der Waals surface area contributed by atoms with Gasteiger partial charge in [0.1, 0.15) is 35.4 Å². The highest BCUT2D eigenvalue weighted by Crippen LogP contribution is 2.72. The molecule has 0 unspecified atom stereocenters. The molecule has 4 N–H and O–H groups in total. The zero-order chi connectivity index (χ0) is 72.8. The van der Waals surface area contributed by atoms with E-state index in [1.54, 1.807) is 35.4 Å². The van der Waals surface area contributed by atoms with Crippen LogP contribution < -0.4 is 0 Å². The van der Waals surface area contributed by atoms with Crippen molar-refractivity contribution >= 4 is 101 Å². The molecule has 0 aromatic carbocycles. The maximum absolute atomic E-state index is 13.7. The number of H-pyrrole nitrogens is 1. The summed E-state index contributed by atoms with van der Waals surface area (Å²) < 4.78 is 1.79. The van der Waals surface area contributed by atoms with E-state index in [4.69, 9.17) is 34.8 Å². The number of aromatic amines is 1. The smallest absolute Gasteiger partial charge is 0.201 e. The lowest BCUT2D eigenvalue weighted by molar-refractivity contribution is -0.151. The van der Waals surface area contributed by atoms with Gasteiger partial charge in [0.2, 0.25) is 11.3 Å². The van der Waals surface area contributed by atoms with Gasteiger partial charge in [0.15, 0.2) is 11.6 Å². The van der Waals surface area contributed by atoms with Crippen molar-refractivity contribution in [2.45, 2.75) is 288 Å². The minimum atomic E-state index is -0.489. The molecule has 6 heterocycles. The number of hydrogen-bond donors (Lipinski definition) is 4. The van der Waals surface area contributed by atoms with Crippen molar-refractivity contribution in [3.63, 3.8) is 0 Å². The van der Waals surface area contributed by atoms with Gasteiger partial charge in [0.25, 0.3) is 0 Å². The summed E-state index contributed by atoms with van der Waals surface area (Å²) >= 11 is 21.3. The normalized spacial score (nSPS) is 42.1. The molecule has 12 saturated carbocycles. The van der Waals surface area contributed by atoms with Crippen molar-refractivity contribution in [1.29, 1.82) is 0 Å². The first-order valence-electron chi connectivity index (χ1n) is 39.7. The number of pyridine rings is 3. The topological polar surface area (TPSA) is 241 Å². The highest BCUT2D eigenvalue weighted by Gasteiger charge is 2.66. The largest absolute Gasteiger partial charge is 0.390 e. The van der Waals surface area contributed by atoms with Crippen LogP contribution in [0, 0.1) is 121 Å². The molecule has 584 valence electrons. The van der Waals surface area contributed by atoms with E-state index in [2.05, 4.69) is 103 Å². The molecule has 12 fully saturated rings. The molecule has 0 radical (unpaired) electrons. The molecule has 0 aliphatic heterocycles. The fourth-order valence-corrected chi connectivity index (χ4v) is 28.0. The maximum Gasteiger partial charge on any atom is 0.201 e. The number of Topliss-reactive ketones (excluding diaryl/α,β-unsaturated/α-hetero) is 3. The Hall–Kier alpha value is -4.04. The number of rotatable bonds is 8. The average Bonchev–Trinajstić information content (AvgIpc) is 1.49. The van der Waals surface area contributed by atoms with Crippen LogP contribution in [0.15, 0.2) is 43.0 Å². The maximum atomic E-state index is 13.7. The third kappa shape index (κ3) is 14.5. The molecule has 18 rings (SSSR count). The van der Waals surface area contributed by atoms with Crippen LogP contribution in [0.1, 0.15) is 258 Å². The van der Waals surface area contributed by atoms with Gasteiger partial charge in [-0.3, -0.25) is 24.0 Å². The highest BCUT2D eigenvalue weighted by molar-refractivity contribution is 9.09. The third-order valence-corrected chi connectivity index (χ3v) is 33.8. The van der Waals surface area contributed by atoms with Gasteiger partial charge in [0.05, 0.1) is 48.9 Å². The van der Waals surface area contributed by atoms with Crippen molar-refractivity contribution in [2.75, 3.05) is 5.33 Å². The van der Waals surface area contributed by atoms with Crippen molar-refractivity contribution in [1.82, 2.24) is 55.1 Å². The molecular formula is C85H125BrCl3N11O6. The Morgan fingerprint density at radius 1 is 0.434 bits per heavy atom. The molecule has 24 atom stereocenters. The Balaban J connectivity index is 0.000000139. The van der Waals surface area contributed by atoms with Crippen LogP contribution in [0.4, 0.5) is 0 Å². The molecule has 17 nitrogen and oxygen atoms in total. The van der Waals surface area contributed by atoms with Crippen LogP contribution >= 0.6 is 50.7 Å². The Bertz CT molecular complexity index is 4180. The van der Waals surface area contributed by atoms with Gasteiger partial charge < -0.3 is 15.3 Å². The van der Waals surface area contributed by atoms with Crippen molar-refractivity contribution in [3.05, 3.63) is 58.1 Å². The lowest BCUT2D eigenvalue weighted by Gasteiger charge is -2.61. The number of fused-ring (bicyclic) bond motifs is 18. The van der Waals surface area contributed by atoms with Crippen LogP contribution in [0.25, 0.3) is 33.4 Å². The van der Waals surface area contributed by atoms with E-state index in [0.29, 0.717) is 107 Å². The van der Waals surface area contributed by atoms with Crippen molar-refractivity contribution in [2.24, 2.45) is 121 Å². The summed E-state index contributed by atoms with van der Waals surface area (Å²) in [6.07, 6.45) is 37.4. The first-order valence-corrected chi connectivity index (χ1v) is 42.0. The fraction of sp³-hybridized carbons (Fsp3) is 0.776. The molecule has 6 aromatic heterocycles. The SMILES string of the molecule is C.C.C.C[C@@]1(O)CC[C@@]2(C)[C@H](CC[C@@H]3[C@@H]2CC[C@]2(C)[C@@H](C(=O)CBr)CC[C@@H]32)C1.C[C@@]1(O)CC[C@@]2(C)[C@H](CC[C@@H]3[C@@H]2CC[C@]2(C)[C@@H](C(=O)Cn4nc5cc(Cl)cnc5n4)CC[C@@H]32)C1.C[C@@]1(O)CC[C@@]2(C)[C@H](CC[C@@H]3[C@@H]2CC[C@]2(C)[C@@H](C(=O)Cn4ncc5ncc(Cl)cc54)CC[C@@H]32)C1.Clc1cnc2n[nH]nc2c1. The number of ketones is 3. The third-order valence-electron chi connectivity index (χ3n) is 32.6. The number of nitrogens with zero attached hydrogens (tertiary/aromatic N) is 10. The average molecular weight is 1580 g/mol. The Labute approximate surface area is 654 Å². The summed E-state index contributed by atoms with van der Waals surface area (Å²) in [5.41, 5.74) is 4.19. The number of aromatic nitrogens is 11. The molecular weight excluding hydrogens is 1460 g/mol. The number of aliphatic hydroxyl groups is 3. The van der Waals surface area contributed by atoms with Crippen molar-refractivity contribution in [3.8, 4) is 0 Å². The summed E-state index contributed by atoms with van der Waals surface area (Å²) in [5, 5.41) is 57.6. The van der Waals surface area contributed by atoms with Gasteiger partial charge in [-0.1, -0.05) is 115 Å². The van der Waals surface area contributed by atoms with Crippen molar-refractivity contribution < 1.29 is 29.7 Å². The Kier molecular flexibility index (Phi) is 23.2. The van der Waals surface area contributed by atoms with Gasteiger partial charge in [-0.25, -0.2) is 9.97 Å². The second-order valence-corrected chi connectivity index (χ2v) is 39.9. The molecule has 0 bridgehead atoms. The molecule has 106 heavy (non-hydrogen) atoms. The van der Waals surface area contributed by atoms with Gasteiger partial charge >= 0.3 is 0 Å². The predicted molar refractivity (Wildman–Crippen MR) is 426 cm³/mol. The number of alkyl halides is 1. The summed E-state index contributed by atoms with van der Waals surface area (Å²) in [6, 6.07) is 5.30. The number of carbonyl (C=O) groups excluding carboxylic acids is 3. The van der Waals surface area contributed by atoms with E-state index in [9.17, 15) is 29.7 Å². The van der Waals surface area contributed by atoms with Gasteiger partial charge in [-0.15, -0.1) is 10.2 Å². The summed E-state index contributed by atoms with van der Waals surface area (Å²) in [4.78, 5) is 53.7. The number of nitrogens with one attached hydrogen (secondary N) is 1. The minimum Gasteiger partial charge on any atom is -0.390 e. The monoisotopic (exact) mass is 1580 g/mol. The quantitative estimate of drug-likeness (QED) is 0.104. The molecule has 6 aromatic rings. The zero-order valence-corrected chi connectivity index (χ0v) is 66.3. The van der Waals surface area contributed by atoms with Crippen LogP contribution in [0.5, 0.6) is 0 Å². The van der Waals surface area contributed by atoms with E-state index >= 15 is 0 Å². The molecule has 0 spiro atoms. The lowest BCUT2D eigenvalue weighted by atomic mass is 9.44. The summed E-state index contributed by atoms with van der Waals surface area (Å²) in [5.74, 6) is 10.1. The van der Waals surface area contributed by atoms with Crippen LogP contribution in [0.3, 0.4) is 0 Å². The number of halogens is 4.